The van der Waals surface area contributed by atoms with E-state index in [1.54, 1.807) is 6.92 Å². The van der Waals surface area contributed by atoms with E-state index in [1.165, 1.54) is 6.42 Å². The van der Waals surface area contributed by atoms with Crippen LogP contribution in [0.2, 0.25) is 0 Å². The van der Waals surface area contributed by atoms with Crippen LogP contribution in [0.1, 0.15) is 27.2 Å². The molecule has 2 bridgehead atoms. The van der Waals surface area contributed by atoms with Crippen molar-refractivity contribution in [1.29, 1.82) is 0 Å². The molecule has 0 spiro atoms. The van der Waals surface area contributed by atoms with Crippen LogP contribution < -0.4 is 0 Å². The standard InChI is InChI=1S/C12H18O/c1-7(2)11-9-4-5-10(6-9)12(11)8(3)13/h4-5,7,9-12H,6H2,1-3H3/t9-,10-,11?,12?/m0/s1. The van der Waals surface area contributed by atoms with Crippen molar-refractivity contribution in [3.63, 3.8) is 0 Å². The lowest BCUT2D eigenvalue weighted by atomic mass is 9.75. The molecule has 0 N–H and O–H groups in total. The first kappa shape index (κ1) is 8.98. The molecule has 0 aliphatic heterocycles. The van der Waals surface area contributed by atoms with Gasteiger partial charge in [0.1, 0.15) is 5.78 Å². The molecule has 1 heteroatoms. The van der Waals surface area contributed by atoms with Crippen LogP contribution in [0.15, 0.2) is 12.2 Å². The number of carbonyl (C=O) groups is 1. The molecule has 0 heterocycles. The molecule has 2 aliphatic rings. The summed E-state index contributed by atoms with van der Waals surface area (Å²) < 4.78 is 0. The number of hydrogen-bond acceptors (Lipinski definition) is 1. The van der Waals surface area contributed by atoms with E-state index in [2.05, 4.69) is 26.0 Å². The van der Waals surface area contributed by atoms with Crippen LogP contribution in [-0.2, 0) is 4.79 Å². The average molecular weight is 178 g/mol. The molecule has 2 rings (SSSR count). The largest absolute Gasteiger partial charge is 0.300 e. The van der Waals surface area contributed by atoms with Gasteiger partial charge in [0, 0.05) is 5.92 Å². The maximum atomic E-state index is 11.5. The van der Waals surface area contributed by atoms with Crippen LogP contribution >= 0.6 is 0 Å². The average Bonchev–Trinajstić information content (AvgIpc) is 2.60. The van der Waals surface area contributed by atoms with Gasteiger partial charge in [-0.1, -0.05) is 26.0 Å². The highest BCUT2D eigenvalue weighted by atomic mass is 16.1. The first-order valence-electron chi connectivity index (χ1n) is 5.30. The minimum absolute atomic E-state index is 0.329. The number of ketones is 1. The van der Waals surface area contributed by atoms with Crippen molar-refractivity contribution in [3.8, 4) is 0 Å². The van der Waals surface area contributed by atoms with Crippen molar-refractivity contribution < 1.29 is 4.79 Å². The molecule has 0 radical (unpaired) electrons. The molecule has 0 aromatic carbocycles. The minimum atomic E-state index is 0.329. The Labute approximate surface area is 80.2 Å². The monoisotopic (exact) mass is 178 g/mol. The fourth-order valence-electron chi connectivity index (χ4n) is 3.34. The van der Waals surface area contributed by atoms with Crippen LogP contribution in [0.4, 0.5) is 0 Å². The van der Waals surface area contributed by atoms with Gasteiger partial charge in [-0.2, -0.15) is 0 Å². The molecule has 1 saturated carbocycles. The number of rotatable bonds is 2. The molecule has 72 valence electrons. The molecule has 1 nitrogen and oxygen atoms in total. The summed E-state index contributed by atoms with van der Waals surface area (Å²) in [7, 11) is 0. The normalized spacial score (nSPS) is 41.8. The highest BCUT2D eigenvalue weighted by Crippen LogP contribution is 2.51. The second kappa shape index (κ2) is 2.97. The molecule has 0 saturated heterocycles. The zero-order valence-corrected chi connectivity index (χ0v) is 8.66. The molecule has 0 aromatic heterocycles. The number of carbonyl (C=O) groups excluding carboxylic acids is 1. The zero-order valence-electron chi connectivity index (χ0n) is 8.66. The molecular formula is C12H18O. The maximum Gasteiger partial charge on any atom is 0.133 e. The van der Waals surface area contributed by atoms with Crippen molar-refractivity contribution >= 4 is 5.78 Å². The van der Waals surface area contributed by atoms with Crippen molar-refractivity contribution in [3.05, 3.63) is 12.2 Å². The second-order valence-electron chi connectivity index (χ2n) is 4.91. The van der Waals surface area contributed by atoms with Crippen molar-refractivity contribution in [2.45, 2.75) is 27.2 Å². The number of Topliss-reactive ketones (excluding diaryl/α,β-unsaturated/α-hetero) is 1. The maximum absolute atomic E-state index is 11.5. The van der Waals surface area contributed by atoms with Crippen LogP contribution in [0.3, 0.4) is 0 Å². The van der Waals surface area contributed by atoms with E-state index in [-0.39, 0.29) is 0 Å². The van der Waals surface area contributed by atoms with Crippen LogP contribution in [0, 0.1) is 29.6 Å². The van der Waals surface area contributed by atoms with Crippen molar-refractivity contribution in [2.24, 2.45) is 29.6 Å². The van der Waals surface area contributed by atoms with E-state index in [0.717, 1.165) is 0 Å². The molecule has 13 heavy (non-hydrogen) atoms. The van der Waals surface area contributed by atoms with Gasteiger partial charge >= 0.3 is 0 Å². The number of fused-ring (bicyclic) bond motifs is 2. The van der Waals surface area contributed by atoms with Gasteiger partial charge < -0.3 is 0 Å². The Hall–Kier alpha value is -0.590. The van der Waals surface area contributed by atoms with Gasteiger partial charge in [0.2, 0.25) is 0 Å². The number of hydrogen-bond donors (Lipinski definition) is 0. The third kappa shape index (κ3) is 1.25. The Balaban J connectivity index is 2.25. The topological polar surface area (TPSA) is 17.1 Å². The third-order valence-electron chi connectivity index (χ3n) is 3.76. The molecule has 2 unspecified atom stereocenters. The van der Waals surface area contributed by atoms with E-state index >= 15 is 0 Å². The fourth-order valence-corrected chi connectivity index (χ4v) is 3.34. The van der Waals surface area contributed by atoms with Gasteiger partial charge in [-0.3, -0.25) is 4.79 Å². The summed E-state index contributed by atoms with van der Waals surface area (Å²) in [5.41, 5.74) is 0. The lowest BCUT2D eigenvalue weighted by Crippen LogP contribution is -2.29. The first-order chi connectivity index (χ1) is 6.11. The second-order valence-corrected chi connectivity index (χ2v) is 4.91. The molecule has 0 aromatic rings. The van der Waals surface area contributed by atoms with Gasteiger partial charge in [0.15, 0.2) is 0 Å². The zero-order chi connectivity index (χ0) is 9.59. The van der Waals surface area contributed by atoms with Gasteiger partial charge in [-0.25, -0.2) is 0 Å². The minimum Gasteiger partial charge on any atom is -0.300 e. The Morgan fingerprint density at radius 2 is 1.92 bits per heavy atom. The predicted octanol–water partition coefficient (Wildman–Crippen LogP) is 2.67. The summed E-state index contributed by atoms with van der Waals surface area (Å²) >= 11 is 0. The highest BCUT2D eigenvalue weighted by Gasteiger charge is 2.47. The Morgan fingerprint density at radius 1 is 1.31 bits per heavy atom. The van der Waals surface area contributed by atoms with Crippen LogP contribution in [0.25, 0.3) is 0 Å². The predicted molar refractivity (Wildman–Crippen MR) is 53.2 cm³/mol. The van der Waals surface area contributed by atoms with E-state index in [4.69, 9.17) is 0 Å². The van der Waals surface area contributed by atoms with E-state index < -0.39 is 0 Å². The van der Waals surface area contributed by atoms with E-state index in [1.807, 2.05) is 0 Å². The highest BCUT2D eigenvalue weighted by molar-refractivity contribution is 5.80. The molecular weight excluding hydrogens is 160 g/mol. The molecule has 2 aliphatic carbocycles. The van der Waals surface area contributed by atoms with Crippen LogP contribution in [0.5, 0.6) is 0 Å². The summed E-state index contributed by atoms with van der Waals surface area (Å²) in [5.74, 6) is 3.25. The summed E-state index contributed by atoms with van der Waals surface area (Å²) in [6.07, 6.45) is 5.82. The number of allylic oxidation sites excluding steroid dienone is 2. The first-order valence-corrected chi connectivity index (χ1v) is 5.30. The SMILES string of the molecule is CC(=O)C1C(C(C)C)[C@H]2C=C[C@H]1C2. The quantitative estimate of drug-likeness (QED) is 0.594. The van der Waals surface area contributed by atoms with E-state index in [0.29, 0.717) is 35.4 Å². The molecule has 1 fully saturated rings. The summed E-state index contributed by atoms with van der Waals surface area (Å²) in [6.45, 7) is 6.25. The molecule has 0 amide bonds. The summed E-state index contributed by atoms with van der Waals surface area (Å²) in [5, 5.41) is 0. The smallest absolute Gasteiger partial charge is 0.133 e. The summed E-state index contributed by atoms with van der Waals surface area (Å²) in [6, 6.07) is 0. The van der Waals surface area contributed by atoms with Crippen molar-refractivity contribution in [1.82, 2.24) is 0 Å². The lowest BCUT2D eigenvalue weighted by molar-refractivity contribution is -0.123. The fraction of sp³-hybridized carbons (Fsp3) is 0.750. The molecule has 4 atom stereocenters. The van der Waals surface area contributed by atoms with Crippen molar-refractivity contribution in [2.75, 3.05) is 0 Å². The lowest BCUT2D eigenvalue weighted by Gasteiger charge is -2.29. The van der Waals surface area contributed by atoms with Gasteiger partial charge in [-0.15, -0.1) is 0 Å². The summed E-state index contributed by atoms with van der Waals surface area (Å²) in [4.78, 5) is 11.5. The van der Waals surface area contributed by atoms with Gasteiger partial charge in [0.05, 0.1) is 0 Å². The Bertz CT molecular complexity index is 252. The Morgan fingerprint density at radius 3 is 2.38 bits per heavy atom. The van der Waals surface area contributed by atoms with Crippen LogP contribution in [-0.4, -0.2) is 5.78 Å². The third-order valence-corrected chi connectivity index (χ3v) is 3.76. The van der Waals surface area contributed by atoms with E-state index in [9.17, 15) is 4.79 Å². The van der Waals surface area contributed by atoms with Gasteiger partial charge in [0.25, 0.3) is 0 Å². The van der Waals surface area contributed by atoms with Gasteiger partial charge in [-0.05, 0) is 37.0 Å². The Kier molecular flexibility index (Phi) is 2.05.